The van der Waals surface area contributed by atoms with Crippen LogP contribution in [0.25, 0.3) is 0 Å². The predicted octanol–water partition coefficient (Wildman–Crippen LogP) is 2.23. The first-order chi connectivity index (χ1) is 10.1. The molecule has 2 heterocycles. The lowest BCUT2D eigenvalue weighted by Crippen LogP contribution is -2.30. The minimum absolute atomic E-state index is 0.108. The monoisotopic (exact) mass is 251 g/mol. The van der Waals surface area contributed by atoms with E-state index in [1.54, 1.807) is 0 Å². The number of halogens is 1. The summed E-state index contributed by atoms with van der Waals surface area (Å²) in [5.41, 5.74) is 0. The molecule has 70 valence electrons. The first kappa shape index (κ1) is 2.92. The van der Waals surface area contributed by atoms with Gasteiger partial charge in [-0.2, -0.15) is 0 Å². The fourth-order valence-electron chi connectivity index (χ4n) is 0.782. The minimum atomic E-state index is -3.44. The van der Waals surface area contributed by atoms with Crippen LogP contribution in [0.1, 0.15) is 32.8 Å². The quantitative estimate of drug-likeness (QED) is 0.767. The zero-order valence-corrected chi connectivity index (χ0v) is 7.96. The van der Waals surface area contributed by atoms with Crippen molar-refractivity contribution >= 4 is 21.7 Å². The van der Waals surface area contributed by atoms with Crippen molar-refractivity contribution in [1.29, 1.82) is 0 Å². The zero-order valence-electron chi connectivity index (χ0n) is 16.4. The van der Waals surface area contributed by atoms with Crippen LogP contribution in [0.5, 0.6) is 0 Å². The molecule has 0 N–H and O–H groups in total. The topological polar surface area (TPSA) is 29.0 Å². The predicted molar refractivity (Wildman–Crippen MR) is 55.8 cm³/mol. The lowest BCUT2D eigenvalue weighted by atomic mass is 10.1. The molecule has 4 heteroatoms. The van der Waals surface area contributed by atoms with Crippen molar-refractivity contribution in [3.63, 3.8) is 0 Å². The lowest BCUT2D eigenvalue weighted by molar-refractivity contribution is 0.572. The molecular formula is C9H12BrN3. The van der Waals surface area contributed by atoms with Crippen LogP contribution in [0.3, 0.4) is 0 Å². The highest BCUT2D eigenvalue weighted by Crippen LogP contribution is 2.17. The third kappa shape index (κ3) is 2.18. The number of rotatable bonds is 1. The van der Waals surface area contributed by atoms with Crippen LogP contribution in [0.2, 0.25) is 0 Å². The van der Waals surface area contributed by atoms with Gasteiger partial charge in [0.25, 0.3) is 0 Å². The Hall–Kier alpha value is -0.640. The van der Waals surface area contributed by atoms with Gasteiger partial charge in [0.2, 0.25) is 0 Å². The van der Waals surface area contributed by atoms with E-state index in [0.717, 1.165) is 6.20 Å². The Morgan fingerprint density at radius 1 is 1.31 bits per heavy atom. The van der Waals surface area contributed by atoms with E-state index in [4.69, 9.17) is 13.7 Å². The SMILES string of the molecule is [2H]C1([2H])N(c2cncc(Br)n2)C([2H])([2H])C([2H])([2H])C([2H])([2H])C1([2H])[2H]. The molecule has 0 unspecified atom stereocenters. The van der Waals surface area contributed by atoms with E-state index in [2.05, 4.69) is 25.9 Å². The van der Waals surface area contributed by atoms with Crippen molar-refractivity contribution < 1.29 is 13.7 Å². The molecule has 0 radical (unpaired) electrons. The summed E-state index contributed by atoms with van der Waals surface area (Å²) in [4.78, 5) is 7.68. The summed E-state index contributed by atoms with van der Waals surface area (Å²) in [6, 6.07) is 0. The maximum atomic E-state index is 7.97. The molecule has 13 heavy (non-hydrogen) atoms. The molecule has 1 aliphatic heterocycles. The first-order valence-corrected chi connectivity index (χ1v) is 4.19. The van der Waals surface area contributed by atoms with Gasteiger partial charge in [-0.05, 0) is 35.0 Å². The van der Waals surface area contributed by atoms with Gasteiger partial charge in [-0.3, -0.25) is 4.98 Å². The lowest BCUT2D eigenvalue weighted by Gasteiger charge is -2.27. The molecule has 2 rings (SSSR count). The highest BCUT2D eigenvalue weighted by atomic mass is 79.9. The van der Waals surface area contributed by atoms with Gasteiger partial charge in [0, 0.05) is 26.7 Å². The fraction of sp³-hybridized carbons (Fsp3) is 0.556. The van der Waals surface area contributed by atoms with Crippen LogP contribution < -0.4 is 4.90 Å². The third-order valence-corrected chi connectivity index (χ3v) is 1.66. The molecule has 0 saturated carbocycles. The van der Waals surface area contributed by atoms with Gasteiger partial charge in [-0.1, -0.05) is 0 Å². The fourth-order valence-corrected chi connectivity index (χ4v) is 1.08. The number of piperidine rings is 1. The van der Waals surface area contributed by atoms with Crippen LogP contribution in [0.15, 0.2) is 17.0 Å². The van der Waals surface area contributed by atoms with E-state index < -0.39 is 37.9 Å². The summed E-state index contributed by atoms with van der Waals surface area (Å²) in [6.07, 6.45) is -8.00. The Labute approximate surface area is 100 Å². The molecule has 1 aliphatic rings. The minimum Gasteiger partial charge on any atom is -0.355 e. The second-order valence-corrected chi connectivity index (χ2v) is 2.95. The maximum Gasteiger partial charge on any atom is 0.148 e. The zero-order chi connectivity index (χ0) is 18.1. The molecule has 1 aromatic rings. The average Bonchev–Trinajstić information content (AvgIpc) is 2.36. The Morgan fingerprint density at radius 2 is 2.08 bits per heavy atom. The van der Waals surface area contributed by atoms with Crippen LogP contribution in [-0.2, 0) is 0 Å². The third-order valence-electron chi connectivity index (χ3n) is 1.28. The molecular weight excluding hydrogens is 230 g/mol. The molecule has 0 aliphatic carbocycles. The van der Waals surface area contributed by atoms with Crippen LogP contribution in [0, 0.1) is 0 Å². The summed E-state index contributed by atoms with van der Waals surface area (Å²) >= 11 is 2.98. The molecule has 3 nitrogen and oxygen atoms in total. The van der Waals surface area contributed by atoms with Crippen molar-refractivity contribution in [2.75, 3.05) is 17.9 Å². The van der Waals surface area contributed by atoms with Gasteiger partial charge in [0.05, 0.1) is 12.4 Å². The van der Waals surface area contributed by atoms with Gasteiger partial charge in [-0.25, -0.2) is 4.98 Å². The van der Waals surface area contributed by atoms with Gasteiger partial charge in [-0.15, -0.1) is 0 Å². The summed E-state index contributed by atoms with van der Waals surface area (Å²) in [5.74, 6) is -0.461. The van der Waals surface area contributed by atoms with E-state index in [0.29, 0.717) is 0 Å². The molecule has 0 bridgehead atoms. The Morgan fingerprint density at radius 3 is 2.77 bits per heavy atom. The first-order valence-electron chi connectivity index (χ1n) is 8.40. The van der Waals surface area contributed by atoms with E-state index in [-0.39, 0.29) is 9.50 Å². The van der Waals surface area contributed by atoms with Gasteiger partial charge >= 0.3 is 0 Å². The Bertz CT molecular complexity index is 604. The summed E-state index contributed by atoms with van der Waals surface area (Å²) < 4.78 is 78.6. The highest BCUT2D eigenvalue weighted by Gasteiger charge is 2.11. The Kier molecular flexibility index (Phi) is 0.910. The van der Waals surface area contributed by atoms with Crippen molar-refractivity contribution in [2.45, 2.75) is 19.1 Å². The number of hydrogen-bond donors (Lipinski definition) is 0. The van der Waals surface area contributed by atoms with Crippen molar-refractivity contribution in [3.8, 4) is 0 Å². The van der Waals surface area contributed by atoms with E-state index in [1.165, 1.54) is 6.20 Å². The van der Waals surface area contributed by atoms with Crippen LogP contribution in [-0.4, -0.2) is 23.0 Å². The molecule has 1 fully saturated rings. The number of aromatic nitrogens is 2. The molecule has 1 saturated heterocycles. The standard InChI is InChI=1S/C9H12BrN3/c10-8-6-11-7-9(12-8)13-4-2-1-3-5-13/h6-7H,1-5H2/i1D2,2D2,3D2,4D2,5D2. The number of nitrogens with zero attached hydrogens (tertiary/aromatic N) is 3. The van der Waals surface area contributed by atoms with Crippen molar-refractivity contribution in [3.05, 3.63) is 17.0 Å². The van der Waals surface area contributed by atoms with Crippen molar-refractivity contribution in [2.24, 2.45) is 0 Å². The molecule has 1 aromatic heterocycles. The summed E-state index contributed by atoms with van der Waals surface area (Å²) in [6.45, 7) is -6.47. The van der Waals surface area contributed by atoms with Crippen molar-refractivity contribution in [1.82, 2.24) is 9.97 Å². The smallest absolute Gasteiger partial charge is 0.148 e. The maximum absolute atomic E-state index is 7.97. The largest absolute Gasteiger partial charge is 0.355 e. The second kappa shape index (κ2) is 4.05. The number of anilines is 1. The molecule has 0 atom stereocenters. The van der Waals surface area contributed by atoms with Crippen LogP contribution >= 0.6 is 15.9 Å². The summed E-state index contributed by atoms with van der Waals surface area (Å²) in [7, 11) is 0. The van der Waals surface area contributed by atoms with E-state index in [1.807, 2.05) is 0 Å². The van der Waals surface area contributed by atoms with Gasteiger partial charge in [0.15, 0.2) is 0 Å². The molecule has 0 amide bonds. The van der Waals surface area contributed by atoms with E-state index in [9.17, 15) is 0 Å². The Balaban J connectivity index is 2.80. The number of hydrogen-bond acceptors (Lipinski definition) is 3. The average molecular weight is 252 g/mol. The van der Waals surface area contributed by atoms with Gasteiger partial charge < -0.3 is 4.90 Å². The van der Waals surface area contributed by atoms with Gasteiger partial charge in [0.1, 0.15) is 10.4 Å². The summed E-state index contributed by atoms with van der Waals surface area (Å²) in [5, 5.41) is 0. The highest BCUT2D eigenvalue weighted by molar-refractivity contribution is 9.10. The molecule has 0 spiro atoms. The van der Waals surface area contributed by atoms with E-state index >= 15 is 0 Å². The molecule has 0 aromatic carbocycles. The second-order valence-electron chi connectivity index (χ2n) is 2.13. The van der Waals surface area contributed by atoms with Crippen LogP contribution in [0.4, 0.5) is 5.82 Å². The normalized spacial score (nSPS) is 48.2.